The van der Waals surface area contributed by atoms with Gasteiger partial charge in [0.05, 0.1) is 17.3 Å². The number of nitriles is 1. The van der Waals surface area contributed by atoms with Crippen LogP contribution < -0.4 is 5.32 Å². The Balaban J connectivity index is 1.79. The van der Waals surface area contributed by atoms with E-state index < -0.39 is 5.60 Å². The van der Waals surface area contributed by atoms with E-state index in [4.69, 9.17) is 9.72 Å². The molecule has 0 spiro atoms. The van der Waals surface area contributed by atoms with E-state index in [-0.39, 0.29) is 24.3 Å². The maximum atomic E-state index is 12.3. The molecule has 0 aliphatic rings. The molecule has 0 amide bonds. The molecule has 0 saturated heterocycles. The standard InChI is InChI=1S/C30H29N5O2/c1-30(2,3)37-27(36)20-34-26-13-5-12-25(35-26)29(22-9-4-8-21(16-22)17-31)28(23-10-6-14-32-18-23)24-11-7-15-33-19-24/h4-16,18-19,28-29H,20H2,1-3H3,(H,34,35). The number of hydrogen-bond acceptors (Lipinski definition) is 7. The van der Waals surface area contributed by atoms with Gasteiger partial charge in [-0.2, -0.15) is 5.26 Å². The maximum Gasteiger partial charge on any atom is 0.325 e. The number of anilines is 1. The number of nitrogens with zero attached hydrogens (tertiary/aromatic N) is 4. The number of esters is 1. The summed E-state index contributed by atoms with van der Waals surface area (Å²) in [7, 11) is 0. The van der Waals surface area contributed by atoms with Crippen LogP contribution in [0.15, 0.2) is 91.5 Å². The summed E-state index contributed by atoms with van der Waals surface area (Å²) in [5.41, 5.74) is 3.72. The highest BCUT2D eigenvalue weighted by molar-refractivity contribution is 5.75. The minimum atomic E-state index is -0.564. The second-order valence-electron chi connectivity index (χ2n) is 9.65. The van der Waals surface area contributed by atoms with E-state index in [1.54, 1.807) is 18.5 Å². The molecule has 3 heterocycles. The molecule has 1 unspecified atom stereocenters. The number of ether oxygens (including phenoxy) is 1. The Morgan fingerprint density at radius 2 is 1.57 bits per heavy atom. The number of carbonyl (C=O) groups excluding carboxylic acids is 1. The van der Waals surface area contributed by atoms with Crippen LogP contribution in [-0.4, -0.2) is 33.1 Å². The lowest BCUT2D eigenvalue weighted by Gasteiger charge is -2.28. The van der Waals surface area contributed by atoms with E-state index in [2.05, 4.69) is 21.4 Å². The predicted molar refractivity (Wildman–Crippen MR) is 142 cm³/mol. The lowest BCUT2D eigenvalue weighted by molar-refractivity contribution is -0.152. The van der Waals surface area contributed by atoms with Gasteiger partial charge in [0.2, 0.25) is 0 Å². The number of rotatable bonds is 8. The average Bonchev–Trinajstić information content (AvgIpc) is 2.90. The quantitative estimate of drug-likeness (QED) is 0.327. The van der Waals surface area contributed by atoms with Crippen LogP contribution in [-0.2, 0) is 9.53 Å². The lowest BCUT2D eigenvalue weighted by Crippen LogP contribution is -2.28. The normalized spacial score (nSPS) is 12.0. The van der Waals surface area contributed by atoms with Gasteiger partial charge in [-0.05, 0) is 73.9 Å². The minimum Gasteiger partial charge on any atom is -0.459 e. The zero-order valence-electron chi connectivity index (χ0n) is 21.1. The van der Waals surface area contributed by atoms with Crippen molar-refractivity contribution in [3.05, 3.63) is 119 Å². The van der Waals surface area contributed by atoms with Gasteiger partial charge in [0.15, 0.2) is 0 Å². The second kappa shape index (κ2) is 11.4. The van der Waals surface area contributed by atoms with E-state index in [0.29, 0.717) is 11.4 Å². The first-order valence-electron chi connectivity index (χ1n) is 12.1. The Morgan fingerprint density at radius 3 is 2.16 bits per heavy atom. The van der Waals surface area contributed by atoms with E-state index in [1.807, 2.05) is 93.8 Å². The van der Waals surface area contributed by atoms with Crippen LogP contribution in [0.4, 0.5) is 5.82 Å². The lowest BCUT2D eigenvalue weighted by atomic mass is 9.76. The highest BCUT2D eigenvalue weighted by atomic mass is 16.6. The smallest absolute Gasteiger partial charge is 0.325 e. The first-order valence-corrected chi connectivity index (χ1v) is 12.1. The van der Waals surface area contributed by atoms with Gasteiger partial charge in [-0.1, -0.05) is 30.3 Å². The molecule has 1 N–H and O–H groups in total. The van der Waals surface area contributed by atoms with Gasteiger partial charge in [0, 0.05) is 36.6 Å². The van der Waals surface area contributed by atoms with Crippen molar-refractivity contribution in [3.63, 3.8) is 0 Å². The summed E-state index contributed by atoms with van der Waals surface area (Å²) in [5.74, 6) is -0.239. The number of hydrogen-bond donors (Lipinski definition) is 1. The molecule has 0 radical (unpaired) electrons. The van der Waals surface area contributed by atoms with Crippen LogP contribution in [0.3, 0.4) is 0 Å². The molecule has 4 rings (SSSR count). The van der Waals surface area contributed by atoms with Gasteiger partial charge < -0.3 is 10.1 Å². The van der Waals surface area contributed by atoms with Gasteiger partial charge in [0.25, 0.3) is 0 Å². The highest BCUT2D eigenvalue weighted by Crippen LogP contribution is 2.42. The molecule has 7 nitrogen and oxygen atoms in total. The van der Waals surface area contributed by atoms with Crippen molar-refractivity contribution < 1.29 is 9.53 Å². The summed E-state index contributed by atoms with van der Waals surface area (Å²) in [6.07, 6.45) is 7.19. The summed E-state index contributed by atoms with van der Waals surface area (Å²) in [6, 6.07) is 23.4. The van der Waals surface area contributed by atoms with Gasteiger partial charge in [0.1, 0.15) is 18.0 Å². The summed E-state index contributed by atoms with van der Waals surface area (Å²) in [5, 5.41) is 12.7. The van der Waals surface area contributed by atoms with Crippen molar-refractivity contribution in [3.8, 4) is 6.07 Å². The molecule has 3 aromatic heterocycles. The summed E-state index contributed by atoms with van der Waals surface area (Å²) in [6.45, 7) is 5.50. The molecule has 7 heteroatoms. The predicted octanol–water partition coefficient (Wildman–Crippen LogP) is 5.46. The zero-order chi connectivity index (χ0) is 26.3. The molecule has 0 aliphatic carbocycles. The number of pyridine rings is 3. The van der Waals surface area contributed by atoms with Crippen molar-refractivity contribution in [1.82, 2.24) is 15.0 Å². The number of carbonyl (C=O) groups is 1. The van der Waals surface area contributed by atoms with Crippen molar-refractivity contribution in [2.45, 2.75) is 38.2 Å². The van der Waals surface area contributed by atoms with Crippen molar-refractivity contribution in [2.24, 2.45) is 0 Å². The first-order chi connectivity index (χ1) is 17.8. The van der Waals surface area contributed by atoms with Crippen molar-refractivity contribution in [2.75, 3.05) is 11.9 Å². The van der Waals surface area contributed by atoms with Gasteiger partial charge >= 0.3 is 5.97 Å². The van der Waals surface area contributed by atoms with E-state index in [1.165, 1.54) is 0 Å². The fourth-order valence-corrected chi connectivity index (χ4v) is 4.30. The Morgan fingerprint density at radius 1 is 0.919 bits per heavy atom. The Hall–Kier alpha value is -4.57. The maximum absolute atomic E-state index is 12.3. The number of benzene rings is 1. The fraction of sp³-hybridized carbons (Fsp3) is 0.233. The van der Waals surface area contributed by atoms with Crippen LogP contribution >= 0.6 is 0 Å². The van der Waals surface area contributed by atoms with E-state index >= 15 is 0 Å². The monoisotopic (exact) mass is 491 g/mol. The minimum absolute atomic E-state index is 0.00303. The fourth-order valence-electron chi connectivity index (χ4n) is 4.30. The molecule has 1 aromatic carbocycles. The molecule has 0 fully saturated rings. The first kappa shape index (κ1) is 25.5. The van der Waals surface area contributed by atoms with Crippen LogP contribution in [0.5, 0.6) is 0 Å². The van der Waals surface area contributed by atoms with Crippen LogP contribution in [0.1, 0.15) is 60.6 Å². The molecule has 1 atom stereocenters. The average molecular weight is 492 g/mol. The van der Waals surface area contributed by atoms with Crippen LogP contribution in [0.25, 0.3) is 0 Å². The van der Waals surface area contributed by atoms with Crippen LogP contribution in [0.2, 0.25) is 0 Å². The molecule has 0 bridgehead atoms. The van der Waals surface area contributed by atoms with Gasteiger partial charge in [-0.15, -0.1) is 0 Å². The third-order valence-electron chi connectivity index (χ3n) is 5.72. The summed E-state index contributed by atoms with van der Waals surface area (Å²) in [4.78, 5) is 25.9. The molecular weight excluding hydrogens is 462 g/mol. The molecule has 4 aromatic rings. The van der Waals surface area contributed by atoms with Crippen molar-refractivity contribution in [1.29, 1.82) is 5.26 Å². The largest absolute Gasteiger partial charge is 0.459 e. The van der Waals surface area contributed by atoms with Crippen molar-refractivity contribution >= 4 is 11.8 Å². The summed E-state index contributed by atoms with van der Waals surface area (Å²) < 4.78 is 5.41. The molecular formula is C30H29N5O2. The Labute approximate surface area is 217 Å². The zero-order valence-corrected chi connectivity index (χ0v) is 21.1. The molecule has 186 valence electrons. The van der Waals surface area contributed by atoms with Gasteiger partial charge in [-0.25, -0.2) is 4.98 Å². The second-order valence-corrected chi connectivity index (χ2v) is 9.65. The van der Waals surface area contributed by atoms with E-state index in [0.717, 1.165) is 22.4 Å². The third-order valence-corrected chi connectivity index (χ3v) is 5.72. The molecule has 37 heavy (non-hydrogen) atoms. The third kappa shape index (κ3) is 6.77. The summed E-state index contributed by atoms with van der Waals surface area (Å²) >= 11 is 0. The molecule has 0 aliphatic heterocycles. The Bertz CT molecular complexity index is 1340. The molecule has 0 saturated carbocycles. The van der Waals surface area contributed by atoms with E-state index in [9.17, 15) is 10.1 Å². The van der Waals surface area contributed by atoms with Crippen LogP contribution in [0, 0.1) is 11.3 Å². The number of nitrogens with one attached hydrogen (secondary N) is 1. The number of aromatic nitrogens is 3. The Kier molecular flexibility index (Phi) is 7.89. The highest BCUT2D eigenvalue weighted by Gasteiger charge is 2.30. The topological polar surface area (TPSA) is 101 Å². The van der Waals surface area contributed by atoms with Gasteiger partial charge in [-0.3, -0.25) is 14.8 Å². The SMILES string of the molecule is CC(C)(C)OC(=O)CNc1cccc(C(c2cccc(C#N)c2)C(c2cccnc2)c2cccnc2)n1.